The van der Waals surface area contributed by atoms with Crippen LogP contribution in [0.4, 0.5) is 0 Å². The standard InChI is InChI=1S/C12H18N2/c1-13-8-3-5-12-11(13)7-6-10-4-2-9-14(10)12/h2,4,9,11-12H,3,5-8H2,1H3. The Morgan fingerprint density at radius 1 is 1.29 bits per heavy atom. The first-order valence-corrected chi connectivity index (χ1v) is 5.72. The summed E-state index contributed by atoms with van der Waals surface area (Å²) in [6, 6.07) is 6.04. The summed E-state index contributed by atoms with van der Waals surface area (Å²) in [7, 11) is 2.28. The molecule has 1 fully saturated rings. The molecule has 2 aliphatic heterocycles. The molecule has 2 aliphatic rings. The summed E-state index contributed by atoms with van der Waals surface area (Å²) in [5.74, 6) is 0. The predicted octanol–water partition coefficient (Wildman–Crippen LogP) is 2.07. The molecule has 2 nitrogen and oxygen atoms in total. The first kappa shape index (κ1) is 8.54. The second-order valence-electron chi connectivity index (χ2n) is 4.70. The third-order valence-corrected chi connectivity index (χ3v) is 3.94. The van der Waals surface area contributed by atoms with Crippen LogP contribution < -0.4 is 0 Å². The van der Waals surface area contributed by atoms with Gasteiger partial charge in [0.05, 0.1) is 0 Å². The first-order chi connectivity index (χ1) is 6.86. The SMILES string of the molecule is CN1CCCC2C1CCc1cccn12. The van der Waals surface area contributed by atoms with E-state index in [4.69, 9.17) is 0 Å². The van der Waals surface area contributed by atoms with Crippen molar-refractivity contribution in [2.75, 3.05) is 13.6 Å². The predicted molar refractivity (Wildman–Crippen MR) is 57.4 cm³/mol. The van der Waals surface area contributed by atoms with Gasteiger partial charge in [-0.3, -0.25) is 0 Å². The Morgan fingerprint density at radius 3 is 3.14 bits per heavy atom. The van der Waals surface area contributed by atoms with Crippen molar-refractivity contribution in [2.24, 2.45) is 0 Å². The van der Waals surface area contributed by atoms with E-state index < -0.39 is 0 Å². The van der Waals surface area contributed by atoms with Crippen molar-refractivity contribution in [1.82, 2.24) is 9.47 Å². The molecule has 2 unspecified atom stereocenters. The largest absolute Gasteiger partial charge is 0.347 e. The van der Waals surface area contributed by atoms with Gasteiger partial charge < -0.3 is 9.47 Å². The lowest BCUT2D eigenvalue weighted by Crippen LogP contribution is -2.46. The molecule has 14 heavy (non-hydrogen) atoms. The van der Waals surface area contributed by atoms with Crippen molar-refractivity contribution in [3.05, 3.63) is 24.0 Å². The van der Waals surface area contributed by atoms with E-state index >= 15 is 0 Å². The van der Waals surface area contributed by atoms with Crippen LogP contribution in [0.3, 0.4) is 0 Å². The highest BCUT2D eigenvalue weighted by atomic mass is 15.2. The zero-order valence-electron chi connectivity index (χ0n) is 8.82. The molecule has 1 saturated heterocycles. The molecule has 2 atom stereocenters. The average Bonchev–Trinajstić information content (AvgIpc) is 2.66. The number of nitrogens with zero attached hydrogens (tertiary/aromatic N) is 2. The van der Waals surface area contributed by atoms with Gasteiger partial charge >= 0.3 is 0 Å². The molecule has 0 N–H and O–H groups in total. The highest BCUT2D eigenvalue weighted by Crippen LogP contribution is 2.34. The van der Waals surface area contributed by atoms with E-state index in [1.165, 1.54) is 32.2 Å². The lowest BCUT2D eigenvalue weighted by molar-refractivity contribution is 0.103. The van der Waals surface area contributed by atoms with Crippen molar-refractivity contribution in [3.63, 3.8) is 0 Å². The van der Waals surface area contributed by atoms with Gasteiger partial charge in [-0.05, 0) is 51.4 Å². The maximum atomic E-state index is 2.55. The van der Waals surface area contributed by atoms with Gasteiger partial charge in [-0.25, -0.2) is 0 Å². The zero-order valence-corrected chi connectivity index (χ0v) is 8.82. The summed E-state index contributed by atoms with van der Waals surface area (Å²) >= 11 is 0. The average molecular weight is 190 g/mol. The van der Waals surface area contributed by atoms with E-state index in [1.54, 1.807) is 5.69 Å². The molecular weight excluding hydrogens is 172 g/mol. The Bertz CT molecular complexity index is 329. The van der Waals surface area contributed by atoms with E-state index in [-0.39, 0.29) is 0 Å². The monoisotopic (exact) mass is 190 g/mol. The Kier molecular flexibility index (Phi) is 1.91. The summed E-state index contributed by atoms with van der Waals surface area (Å²) in [4.78, 5) is 2.55. The molecule has 3 heterocycles. The van der Waals surface area contributed by atoms with Gasteiger partial charge in [0.1, 0.15) is 0 Å². The highest BCUT2D eigenvalue weighted by Gasteiger charge is 2.33. The van der Waals surface area contributed by atoms with Crippen LogP contribution in [0, 0.1) is 0 Å². The van der Waals surface area contributed by atoms with E-state index in [2.05, 4.69) is 34.8 Å². The second-order valence-corrected chi connectivity index (χ2v) is 4.70. The van der Waals surface area contributed by atoms with Gasteiger partial charge in [-0.2, -0.15) is 0 Å². The lowest BCUT2D eigenvalue weighted by atomic mass is 9.89. The normalized spacial score (nSPS) is 32.4. The lowest BCUT2D eigenvalue weighted by Gasteiger charge is -2.43. The van der Waals surface area contributed by atoms with Gasteiger partial charge in [0.2, 0.25) is 0 Å². The van der Waals surface area contributed by atoms with Crippen LogP contribution in [0.5, 0.6) is 0 Å². The smallest absolute Gasteiger partial charge is 0.0489 e. The van der Waals surface area contributed by atoms with Crippen LogP contribution in [0.25, 0.3) is 0 Å². The number of aromatic nitrogens is 1. The van der Waals surface area contributed by atoms with Crippen molar-refractivity contribution < 1.29 is 0 Å². The van der Waals surface area contributed by atoms with Crippen LogP contribution in [0.2, 0.25) is 0 Å². The maximum Gasteiger partial charge on any atom is 0.0489 e. The Balaban J connectivity index is 1.96. The van der Waals surface area contributed by atoms with Crippen LogP contribution in [0.1, 0.15) is 31.0 Å². The first-order valence-electron chi connectivity index (χ1n) is 5.72. The van der Waals surface area contributed by atoms with Gasteiger partial charge in [0.15, 0.2) is 0 Å². The number of hydrogen-bond donors (Lipinski definition) is 0. The number of aryl methyl sites for hydroxylation is 1. The quantitative estimate of drug-likeness (QED) is 0.608. The molecule has 0 radical (unpaired) electrons. The van der Waals surface area contributed by atoms with Gasteiger partial charge in [-0.15, -0.1) is 0 Å². The highest BCUT2D eigenvalue weighted by molar-refractivity contribution is 5.14. The minimum absolute atomic E-state index is 0.757. The number of likely N-dealkylation sites (tertiary alicyclic amines) is 1. The minimum Gasteiger partial charge on any atom is -0.347 e. The van der Waals surface area contributed by atoms with Crippen LogP contribution in [-0.4, -0.2) is 29.1 Å². The van der Waals surface area contributed by atoms with E-state index in [9.17, 15) is 0 Å². The van der Waals surface area contributed by atoms with Crippen LogP contribution in [-0.2, 0) is 6.42 Å². The van der Waals surface area contributed by atoms with Crippen LogP contribution >= 0.6 is 0 Å². The third-order valence-electron chi connectivity index (χ3n) is 3.94. The Labute approximate surface area is 85.5 Å². The number of piperidine rings is 1. The number of fused-ring (bicyclic) bond motifs is 3. The van der Waals surface area contributed by atoms with Crippen molar-refractivity contribution in [3.8, 4) is 0 Å². The summed E-state index contributed by atoms with van der Waals surface area (Å²) in [6.45, 7) is 1.29. The second kappa shape index (κ2) is 3.13. The molecule has 0 aliphatic carbocycles. The summed E-state index contributed by atoms with van der Waals surface area (Å²) < 4.78 is 2.52. The Morgan fingerprint density at radius 2 is 2.21 bits per heavy atom. The molecule has 3 rings (SSSR count). The van der Waals surface area contributed by atoms with Gasteiger partial charge in [0.25, 0.3) is 0 Å². The maximum absolute atomic E-state index is 2.55. The van der Waals surface area contributed by atoms with Gasteiger partial charge in [0, 0.05) is 24.0 Å². The van der Waals surface area contributed by atoms with Crippen LogP contribution in [0.15, 0.2) is 18.3 Å². The van der Waals surface area contributed by atoms with Crippen molar-refractivity contribution in [1.29, 1.82) is 0 Å². The van der Waals surface area contributed by atoms with E-state index in [1.807, 2.05) is 0 Å². The molecular formula is C12H18N2. The fourth-order valence-corrected chi connectivity index (χ4v) is 3.20. The summed E-state index contributed by atoms with van der Waals surface area (Å²) in [6.07, 6.45) is 7.61. The molecule has 0 amide bonds. The number of hydrogen-bond acceptors (Lipinski definition) is 1. The molecule has 0 aromatic carbocycles. The topological polar surface area (TPSA) is 8.17 Å². The third kappa shape index (κ3) is 1.13. The molecule has 0 spiro atoms. The fourth-order valence-electron chi connectivity index (χ4n) is 3.20. The summed E-state index contributed by atoms with van der Waals surface area (Å²) in [5.41, 5.74) is 1.54. The molecule has 1 aromatic heterocycles. The van der Waals surface area contributed by atoms with Crippen molar-refractivity contribution in [2.45, 2.75) is 37.8 Å². The molecule has 2 heteroatoms. The number of likely N-dealkylation sites (N-methyl/N-ethyl adjacent to an activating group) is 1. The minimum atomic E-state index is 0.757. The molecule has 76 valence electrons. The number of rotatable bonds is 0. The molecule has 1 aromatic rings. The van der Waals surface area contributed by atoms with E-state index in [0.29, 0.717) is 0 Å². The van der Waals surface area contributed by atoms with Crippen molar-refractivity contribution >= 4 is 0 Å². The zero-order chi connectivity index (χ0) is 9.54. The van der Waals surface area contributed by atoms with E-state index in [0.717, 1.165) is 12.1 Å². The fraction of sp³-hybridized carbons (Fsp3) is 0.667. The molecule has 0 saturated carbocycles. The molecule has 0 bridgehead atoms. The Hall–Kier alpha value is -0.760. The van der Waals surface area contributed by atoms with Gasteiger partial charge in [-0.1, -0.05) is 0 Å². The summed E-state index contributed by atoms with van der Waals surface area (Å²) in [5, 5.41) is 0.